The van der Waals surface area contributed by atoms with Crippen LogP contribution in [0.15, 0.2) is 23.7 Å². The van der Waals surface area contributed by atoms with Gasteiger partial charge in [0.15, 0.2) is 0 Å². The summed E-state index contributed by atoms with van der Waals surface area (Å²) in [6.07, 6.45) is 0.569. The molecular formula is C16H21N3O2S. The van der Waals surface area contributed by atoms with Crippen LogP contribution in [0.4, 0.5) is 5.69 Å². The second-order valence-electron chi connectivity index (χ2n) is 6.33. The first kappa shape index (κ1) is 15.4. The quantitative estimate of drug-likeness (QED) is 0.908. The molecule has 0 bridgehead atoms. The molecule has 22 heavy (non-hydrogen) atoms. The Morgan fingerprint density at radius 3 is 3.00 bits per heavy atom. The van der Waals surface area contributed by atoms with Gasteiger partial charge in [0.2, 0.25) is 5.91 Å². The van der Waals surface area contributed by atoms with Gasteiger partial charge in [-0.3, -0.25) is 4.79 Å². The van der Waals surface area contributed by atoms with E-state index in [-0.39, 0.29) is 17.4 Å². The molecule has 2 aromatic rings. The Labute approximate surface area is 133 Å². The Morgan fingerprint density at radius 1 is 1.55 bits per heavy atom. The molecule has 0 saturated heterocycles. The van der Waals surface area contributed by atoms with Gasteiger partial charge in [0.25, 0.3) is 0 Å². The van der Waals surface area contributed by atoms with E-state index in [1.165, 1.54) is 0 Å². The topological polar surface area (TPSA) is 77.2 Å². The van der Waals surface area contributed by atoms with Gasteiger partial charge in [0.05, 0.1) is 21.8 Å². The fourth-order valence-corrected chi connectivity index (χ4v) is 3.71. The molecule has 3 rings (SSSR count). The van der Waals surface area contributed by atoms with Gasteiger partial charge < -0.3 is 15.8 Å². The molecule has 1 amide bonds. The molecule has 1 aromatic heterocycles. The maximum atomic E-state index is 12.7. The highest BCUT2D eigenvalue weighted by Gasteiger charge is 2.62. The number of fused-ring (bicyclic) bond motifs is 1. The summed E-state index contributed by atoms with van der Waals surface area (Å²) >= 11 is 1.55. The minimum atomic E-state index is -0.907. The van der Waals surface area contributed by atoms with Crippen LogP contribution in [0.25, 0.3) is 10.2 Å². The molecule has 1 aliphatic rings. The summed E-state index contributed by atoms with van der Waals surface area (Å²) < 4.78 is 6.71. The Kier molecular flexibility index (Phi) is 3.71. The number of carbonyl (C=O) groups excluding carboxylic acids is 1. The second kappa shape index (κ2) is 5.30. The lowest BCUT2D eigenvalue weighted by Gasteiger charge is -2.57. The van der Waals surface area contributed by atoms with E-state index in [1.807, 2.05) is 39.0 Å². The van der Waals surface area contributed by atoms with Crippen molar-refractivity contribution >= 4 is 33.1 Å². The molecule has 1 saturated carbocycles. The first-order chi connectivity index (χ1) is 10.4. The molecule has 1 fully saturated rings. The van der Waals surface area contributed by atoms with Crippen molar-refractivity contribution in [1.29, 1.82) is 0 Å². The maximum absolute atomic E-state index is 12.7. The van der Waals surface area contributed by atoms with E-state index in [9.17, 15) is 4.79 Å². The van der Waals surface area contributed by atoms with Crippen LogP contribution in [0.2, 0.25) is 0 Å². The smallest absolute Gasteiger partial charge is 0.245 e. The highest BCUT2D eigenvalue weighted by Crippen LogP contribution is 2.50. The highest BCUT2D eigenvalue weighted by molar-refractivity contribution is 7.16. The van der Waals surface area contributed by atoms with E-state index in [4.69, 9.17) is 10.5 Å². The number of thiazole rings is 1. The molecule has 118 valence electrons. The zero-order chi connectivity index (χ0) is 16.0. The number of ether oxygens (including phenoxy) is 1. The van der Waals surface area contributed by atoms with Gasteiger partial charge in [0, 0.05) is 24.1 Å². The Bertz CT molecular complexity index is 712. The minimum absolute atomic E-state index is 0.0252. The average Bonchev–Trinajstić information content (AvgIpc) is 2.94. The molecule has 2 unspecified atom stereocenters. The number of hydrogen-bond donors (Lipinski definition) is 2. The predicted molar refractivity (Wildman–Crippen MR) is 89.0 cm³/mol. The van der Waals surface area contributed by atoms with Crippen LogP contribution in [-0.4, -0.2) is 29.1 Å². The number of anilines is 1. The van der Waals surface area contributed by atoms with E-state index in [2.05, 4.69) is 10.3 Å². The number of nitrogens with zero attached hydrogens (tertiary/aromatic N) is 1. The third-order valence-electron chi connectivity index (χ3n) is 4.82. The van der Waals surface area contributed by atoms with Crippen molar-refractivity contribution in [2.24, 2.45) is 11.1 Å². The summed E-state index contributed by atoms with van der Waals surface area (Å²) in [5, 5.41) is 2.94. The van der Waals surface area contributed by atoms with Crippen molar-refractivity contribution in [2.75, 3.05) is 11.9 Å². The van der Waals surface area contributed by atoms with Crippen LogP contribution in [-0.2, 0) is 9.53 Å². The van der Waals surface area contributed by atoms with Gasteiger partial charge in [-0.15, -0.1) is 11.3 Å². The summed E-state index contributed by atoms with van der Waals surface area (Å²) in [6, 6.07) is 5.69. The Morgan fingerprint density at radius 2 is 2.32 bits per heavy atom. The molecule has 0 radical (unpaired) electrons. The van der Waals surface area contributed by atoms with Crippen LogP contribution >= 0.6 is 11.3 Å². The number of amides is 1. The number of benzene rings is 1. The van der Waals surface area contributed by atoms with E-state index in [0.29, 0.717) is 13.0 Å². The molecule has 1 aromatic carbocycles. The SMILES string of the molecule is CCOC1CC(N)(C(=O)Nc2ccc3ncsc3c2)C1(C)C. The molecular weight excluding hydrogens is 298 g/mol. The van der Waals surface area contributed by atoms with Crippen molar-refractivity contribution in [1.82, 2.24) is 4.98 Å². The number of hydrogen-bond acceptors (Lipinski definition) is 5. The van der Waals surface area contributed by atoms with Gasteiger partial charge in [-0.2, -0.15) is 0 Å². The van der Waals surface area contributed by atoms with Crippen molar-refractivity contribution in [3.05, 3.63) is 23.7 Å². The number of rotatable bonds is 4. The fourth-order valence-electron chi connectivity index (χ4n) is 3.00. The monoisotopic (exact) mass is 319 g/mol. The maximum Gasteiger partial charge on any atom is 0.245 e. The molecule has 0 aliphatic heterocycles. The lowest BCUT2D eigenvalue weighted by Crippen LogP contribution is -2.74. The van der Waals surface area contributed by atoms with Crippen molar-refractivity contribution < 1.29 is 9.53 Å². The first-order valence-corrected chi connectivity index (χ1v) is 8.31. The van der Waals surface area contributed by atoms with Crippen LogP contribution in [0, 0.1) is 5.41 Å². The van der Waals surface area contributed by atoms with Gasteiger partial charge >= 0.3 is 0 Å². The molecule has 6 heteroatoms. The van der Waals surface area contributed by atoms with Gasteiger partial charge in [0.1, 0.15) is 5.54 Å². The molecule has 1 aliphatic carbocycles. The standard InChI is InChI=1S/C16H21N3O2S/c1-4-21-13-8-16(17,15(13,2)3)14(20)19-10-5-6-11-12(7-10)22-9-18-11/h5-7,9,13H,4,8,17H2,1-3H3,(H,19,20). The second-order valence-corrected chi connectivity index (χ2v) is 7.22. The normalized spacial score (nSPS) is 26.6. The van der Waals surface area contributed by atoms with Gasteiger partial charge in [-0.1, -0.05) is 13.8 Å². The third kappa shape index (κ3) is 2.22. The zero-order valence-electron chi connectivity index (χ0n) is 13.1. The zero-order valence-corrected chi connectivity index (χ0v) is 13.9. The van der Waals surface area contributed by atoms with Crippen LogP contribution < -0.4 is 11.1 Å². The van der Waals surface area contributed by atoms with E-state index in [0.717, 1.165) is 15.9 Å². The predicted octanol–water partition coefficient (Wildman–Crippen LogP) is 2.77. The van der Waals surface area contributed by atoms with Crippen molar-refractivity contribution in [2.45, 2.75) is 38.8 Å². The van der Waals surface area contributed by atoms with Crippen molar-refractivity contribution in [3.63, 3.8) is 0 Å². The third-order valence-corrected chi connectivity index (χ3v) is 5.62. The number of aromatic nitrogens is 1. The van der Waals surface area contributed by atoms with Crippen LogP contribution in [0.3, 0.4) is 0 Å². The summed E-state index contributed by atoms with van der Waals surface area (Å²) in [7, 11) is 0. The largest absolute Gasteiger partial charge is 0.378 e. The molecule has 5 nitrogen and oxygen atoms in total. The van der Waals surface area contributed by atoms with E-state index in [1.54, 1.807) is 16.8 Å². The fraction of sp³-hybridized carbons (Fsp3) is 0.500. The number of nitrogens with two attached hydrogens (primary N) is 1. The summed E-state index contributed by atoms with van der Waals surface area (Å²) in [6.45, 7) is 6.57. The first-order valence-electron chi connectivity index (χ1n) is 7.43. The summed E-state index contributed by atoms with van der Waals surface area (Å²) in [5.41, 5.74) is 8.57. The summed E-state index contributed by atoms with van der Waals surface area (Å²) in [4.78, 5) is 16.9. The lowest BCUT2D eigenvalue weighted by molar-refractivity contribution is -0.166. The number of nitrogens with one attached hydrogen (secondary N) is 1. The van der Waals surface area contributed by atoms with Crippen molar-refractivity contribution in [3.8, 4) is 0 Å². The molecule has 0 spiro atoms. The summed E-state index contributed by atoms with van der Waals surface area (Å²) in [5.74, 6) is -0.155. The average molecular weight is 319 g/mol. The number of carbonyl (C=O) groups is 1. The van der Waals surface area contributed by atoms with Gasteiger partial charge in [-0.25, -0.2) is 4.98 Å². The Balaban J connectivity index is 1.76. The highest BCUT2D eigenvalue weighted by atomic mass is 32.1. The van der Waals surface area contributed by atoms with E-state index < -0.39 is 5.54 Å². The van der Waals surface area contributed by atoms with Crippen LogP contribution in [0.5, 0.6) is 0 Å². The van der Waals surface area contributed by atoms with E-state index >= 15 is 0 Å². The molecule has 1 heterocycles. The van der Waals surface area contributed by atoms with Gasteiger partial charge in [-0.05, 0) is 25.1 Å². The minimum Gasteiger partial charge on any atom is -0.378 e. The van der Waals surface area contributed by atoms with Crippen LogP contribution in [0.1, 0.15) is 27.2 Å². The lowest BCUT2D eigenvalue weighted by atomic mass is 9.54. The Hall–Kier alpha value is -1.50. The molecule has 2 atom stereocenters. The molecule has 3 N–H and O–H groups in total.